The Balaban J connectivity index is 1.63. The van der Waals surface area contributed by atoms with E-state index in [0.29, 0.717) is 12.6 Å². The first-order valence-corrected chi connectivity index (χ1v) is 6.92. The van der Waals surface area contributed by atoms with Crippen molar-refractivity contribution in [2.45, 2.75) is 25.6 Å². The lowest BCUT2D eigenvalue weighted by Gasteiger charge is -2.28. The molecule has 0 saturated carbocycles. The first-order chi connectivity index (χ1) is 9.75. The zero-order chi connectivity index (χ0) is 13.9. The fourth-order valence-electron chi connectivity index (χ4n) is 2.67. The predicted octanol–water partition coefficient (Wildman–Crippen LogP) is 1.85. The number of fused-ring (bicyclic) bond motifs is 1. The quantitative estimate of drug-likeness (QED) is 0.834. The van der Waals surface area contributed by atoms with Gasteiger partial charge in [-0.25, -0.2) is 0 Å². The summed E-state index contributed by atoms with van der Waals surface area (Å²) in [4.78, 5) is 5.63. The molecule has 2 N–H and O–H groups in total. The standard InChI is InChI=1S/C15H20N4O/c1-11-15-13(8-17-19(15)2)14(9-16-11)18-20-10-12-6-4-3-5-7-12/h3-8,11,14,16,18H,9-10H2,1-2H3. The highest BCUT2D eigenvalue weighted by Gasteiger charge is 2.27. The number of rotatable bonds is 4. The van der Waals surface area contributed by atoms with Gasteiger partial charge in [0.05, 0.1) is 24.5 Å². The molecule has 1 aromatic carbocycles. The normalized spacial score (nSPS) is 21.7. The number of hydroxylamine groups is 1. The van der Waals surface area contributed by atoms with E-state index in [0.717, 1.165) is 12.1 Å². The predicted molar refractivity (Wildman–Crippen MR) is 76.7 cm³/mol. The minimum absolute atomic E-state index is 0.138. The Morgan fingerprint density at radius 1 is 1.40 bits per heavy atom. The van der Waals surface area contributed by atoms with Gasteiger partial charge in [-0.1, -0.05) is 30.3 Å². The van der Waals surface area contributed by atoms with Gasteiger partial charge in [-0.15, -0.1) is 0 Å². The van der Waals surface area contributed by atoms with Gasteiger partial charge in [-0.2, -0.15) is 10.6 Å². The Morgan fingerprint density at radius 2 is 2.20 bits per heavy atom. The van der Waals surface area contributed by atoms with Crippen LogP contribution in [0.5, 0.6) is 0 Å². The fourth-order valence-corrected chi connectivity index (χ4v) is 2.67. The van der Waals surface area contributed by atoms with Crippen molar-refractivity contribution in [1.82, 2.24) is 20.6 Å². The molecule has 2 aromatic rings. The average molecular weight is 272 g/mol. The van der Waals surface area contributed by atoms with E-state index in [4.69, 9.17) is 4.84 Å². The summed E-state index contributed by atoms with van der Waals surface area (Å²) in [5, 5.41) is 7.81. The molecule has 1 aromatic heterocycles. The van der Waals surface area contributed by atoms with Crippen molar-refractivity contribution in [3.63, 3.8) is 0 Å². The maximum Gasteiger partial charge on any atom is 0.0933 e. The van der Waals surface area contributed by atoms with Gasteiger partial charge < -0.3 is 5.32 Å². The Morgan fingerprint density at radius 3 is 3.00 bits per heavy atom. The second-order valence-electron chi connectivity index (χ2n) is 5.18. The monoisotopic (exact) mass is 272 g/mol. The molecule has 20 heavy (non-hydrogen) atoms. The van der Waals surface area contributed by atoms with Crippen molar-refractivity contribution >= 4 is 0 Å². The highest BCUT2D eigenvalue weighted by atomic mass is 16.6. The van der Waals surface area contributed by atoms with Crippen LogP contribution in [0.4, 0.5) is 0 Å². The van der Waals surface area contributed by atoms with Crippen LogP contribution in [-0.4, -0.2) is 16.3 Å². The lowest BCUT2D eigenvalue weighted by Crippen LogP contribution is -2.38. The molecule has 1 aliphatic heterocycles. The summed E-state index contributed by atoms with van der Waals surface area (Å²) in [6.07, 6.45) is 1.93. The number of hydrogen-bond donors (Lipinski definition) is 2. The molecule has 2 atom stereocenters. The highest BCUT2D eigenvalue weighted by Crippen LogP contribution is 2.27. The number of nitrogens with zero attached hydrogens (tertiary/aromatic N) is 2. The van der Waals surface area contributed by atoms with Crippen LogP contribution in [0.1, 0.15) is 35.8 Å². The number of hydrogen-bond acceptors (Lipinski definition) is 4. The van der Waals surface area contributed by atoms with Gasteiger partial charge in [0.1, 0.15) is 0 Å². The Bertz CT molecular complexity index is 567. The third-order valence-corrected chi connectivity index (χ3v) is 3.74. The molecule has 0 amide bonds. The minimum Gasteiger partial charge on any atom is -0.307 e. The molecule has 3 rings (SSSR count). The van der Waals surface area contributed by atoms with Crippen LogP contribution in [0.25, 0.3) is 0 Å². The molecule has 0 saturated heterocycles. The van der Waals surface area contributed by atoms with Gasteiger partial charge in [0.15, 0.2) is 0 Å². The van der Waals surface area contributed by atoms with E-state index in [1.807, 2.05) is 36.1 Å². The second kappa shape index (κ2) is 5.75. The summed E-state index contributed by atoms with van der Waals surface area (Å²) in [6.45, 7) is 3.55. The van der Waals surface area contributed by atoms with Gasteiger partial charge in [-0.3, -0.25) is 9.52 Å². The summed E-state index contributed by atoms with van der Waals surface area (Å²) >= 11 is 0. The Hall–Kier alpha value is -1.69. The third kappa shape index (κ3) is 2.60. The molecule has 5 nitrogen and oxygen atoms in total. The van der Waals surface area contributed by atoms with Crippen LogP contribution in [0.3, 0.4) is 0 Å². The van der Waals surface area contributed by atoms with Crippen molar-refractivity contribution in [2.24, 2.45) is 7.05 Å². The maximum absolute atomic E-state index is 5.63. The second-order valence-corrected chi connectivity index (χ2v) is 5.18. The molecule has 5 heteroatoms. The third-order valence-electron chi connectivity index (χ3n) is 3.74. The van der Waals surface area contributed by atoms with Crippen molar-refractivity contribution in [2.75, 3.05) is 6.54 Å². The minimum atomic E-state index is 0.138. The topological polar surface area (TPSA) is 51.1 Å². The molecule has 0 spiro atoms. The zero-order valence-corrected chi connectivity index (χ0v) is 11.8. The van der Waals surface area contributed by atoms with E-state index in [1.165, 1.54) is 11.3 Å². The number of aromatic nitrogens is 2. The Kier molecular flexibility index (Phi) is 3.82. The molecule has 2 unspecified atom stereocenters. The number of nitrogens with one attached hydrogen (secondary N) is 2. The molecule has 1 aliphatic rings. The van der Waals surface area contributed by atoms with Crippen molar-refractivity contribution in [1.29, 1.82) is 0 Å². The first kappa shape index (κ1) is 13.3. The molecular formula is C15H20N4O. The number of aryl methyl sites for hydroxylation is 1. The van der Waals surface area contributed by atoms with Crippen LogP contribution >= 0.6 is 0 Å². The summed E-state index contributed by atoms with van der Waals surface area (Å²) in [5.41, 5.74) is 6.73. The average Bonchev–Trinajstić information content (AvgIpc) is 2.86. The van der Waals surface area contributed by atoms with E-state index in [9.17, 15) is 0 Å². The molecule has 0 fully saturated rings. The van der Waals surface area contributed by atoms with Crippen LogP contribution in [0.2, 0.25) is 0 Å². The van der Waals surface area contributed by atoms with Gasteiger partial charge in [0.2, 0.25) is 0 Å². The number of benzene rings is 1. The van der Waals surface area contributed by atoms with Gasteiger partial charge in [0.25, 0.3) is 0 Å². The van der Waals surface area contributed by atoms with E-state index in [1.54, 1.807) is 0 Å². The molecule has 2 heterocycles. The van der Waals surface area contributed by atoms with E-state index in [2.05, 4.69) is 35.0 Å². The van der Waals surface area contributed by atoms with Crippen molar-refractivity contribution < 1.29 is 4.84 Å². The molecule has 0 radical (unpaired) electrons. The van der Waals surface area contributed by atoms with Crippen LogP contribution in [0, 0.1) is 0 Å². The van der Waals surface area contributed by atoms with Gasteiger partial charge >= 0.3 is 0 Å². The van der Waals surface area contributed by atoms with E-state index >= 15 is 0 Å². The first-order valence-electron chi connectivity index (χ1n) is 6.92. The molecule has 106 valence electrons. The maximum atomic E-state index is 5.63. The van der Waals surface area contributed by atoms with E-state index < -0.39 is 0 Å². The summed E-state index contributed by atoms with van der Waals surface area (Å²) in [7, 11) is 1.98. The lowest BCUT2D eigenvalue weighted by molar-refractivity contribution is 0.000536. The zero-order valence-electron chi connectivity index (χ0n) is 11.8. The largest absolute Gasteiger partial charge is 0.307 e. The SMILES string of the molecule is CC1NCC(NOCc2ccccc2)c2cnn(C)c21. The van der Waals surface area contributed by atoms with Gasteiger partial charge in [0, 0.05) is 25.2 Å². The molecular weight excluding hydrogens is 252 g/mol. The van der Waals surface area contributed by atoms with Crippen molar-refractivity contribution in [3.05, 3.63) is 53.3 Å². The summed E-state index contributed by atoms with van der Waals surface area (Å²) < 4.78 is 1.93. The Labute approximate surface area is 118 Å². The smallest absolute Gasteiger partial charge is 0.0933 e. The molecule has 0 bridgehead atoms. The van der Waals surface area contributed by atoms with Crippen LogP contribution in [0.15, 0.2) is 36.5 Å². The summed E-state index contributed by atoms with van der Waals surface area (Å²) in [5.74, 6) is 0. The summed E-state index contributed by atoms with van der Waals surface area (Å²) in [6, 6.07) is 10.6. The van der Waals surface area contributed by atoms with Crippen LogP contribution < -0.4 is 10.8 Å². The van der Waals surface area contributed by atoms with Crippen LogP contribution in [-0.2, 0) is 18.5 Å². The highest BCUT2D eigenvalue weighted by molar-refractivity contribution is 5.27. The molecule has 0 aliphatic carbocycles. The van der Waals surface area contributed by atoms with Crippen molar-refractivity contribution in [3.8, 4) is 0 Å². The fraction of sp³-hybridized carbons (Fsp3) is 0.400. The lowest BCUT2D eigenvalue weighted by atomic mass is 9.99. The van der Waals surface area contributed by atoms with E-state index in [-0.39, 0.29) is 6.04 Å². The van der Waals surface area contributed by atoms with Gasteiger partial charge in [-0.05, 0) is 12.5 Å².